The molecule has 1 rings (SSSR count). The van der Waals surface area contributed by atoms with Crippen molar-refractivity contribution < 1.29 is 0 Å². The summed E-state index contributed by atoms with van der Waals surface area (Å²) in [4.78, 5) is 5.17. The molecule has 0 N–H and O–H groups in total. The van der Waals surface area contributed by atoms with Crippen LogP contribution in [0, 0.1) is 5.92 Å². The van der Waals surface area contributed by atoms with Crippen LogP contribution < -0.4 is 0 Å². The Hall–Kier alpha value is 0.400. The summed E-state index contributed by atoms with van der Waals surface area (Å²) in [5.74, 6) is 0.828. The van der Waals surface area contributed by atoms with Gasteiger partial charge in [0, 0.05) is 17.9 Å². The van der Waals surface area contributed by atoms with E-state index in [2.05, 4.69) is 46.6 Å². The third kappa shape index (κ3) is 5.27. The molecule has 1 fully saturated rings. The van der Waals surface area contributed by atoms with E-state index in [1.165, 1.54) is 51.9 Å². The summed E-state index contributed by atoms with van der Waals surface area (Å²) in [6, 6.07) is 0.816. The monoisotopic (exact) mass is 304 g/mol. The van der Waals surface area contributed by atoms with Gasteiger partial charge in [-0.15, -0.1) is 0 Å². The topological polar surface area (TPSA) is 6.48 Å². The van der Waals surface area contributed by atoms with Crippen LogP contribution in [0.4, 0.5) is 0 Å². The second kappa shape index (κ2) is 8.49. The van der Waals surface area contributed by atoms with Crippen LogP contribution in [-0.4, -0.2) is 54.4 Å². The van der Waals surface area contributed by atoms with Crippen LogP contribution >= 0.6 is 15.9 Å². The SMILES string of the molecule is CCCC(CBr)CN(C)C1CCN(CC)CC1. The zero-order valence-electron chi connectivity index (χ0n) is 11.8. The zero-order chi connectivity index (χ0) is 12.7. The number of alkyl halides is 1. The quantitative estimate of drug-likeness (QED) is 0.666. The molecule has 0 radical (unpaired) electrons. The molecule has 102 valence electrons. The predicted octanol–water partition coefficient (Wildman–Crippen LogP) is 3.21. The molecule has 0 spiro atoms. The Morgan fingerprint density at radius 1 is 1.29 bits per heavy atom. The van der Waals surface area contributed by atoms with Crippen molar-refractivity contribution in [3.63, 3.8) is 0 Å². The largest absolute Gasteiger partial charge is 0.303 e. The van der Waals surface area contributed by atoms with E-state index < -0.39 is 0 Å². The first kappa shape index (κ1) is 15.5. The van der Waals surface area contributed by atoms with Gasteiger partial charge in [-0.25, -0.2) is 0 Å². The van der Waals surface area contributed by atoms with Gasteiger partial charge in [0.25, 0.3) is 0 Å². The Balaban J connectivity index is 2.30. The van der Waals surface area contributed by atoms with Gasteiger partial charge in [0.1, 0.15) is 0 Å². The molecule has 17 heavy (non-hydrogen) atoms. The molecule has 1 aliphatic rings. The van der Waals surface area contributed by atoms with Gasteiger partial charge >= 0.3 is 0 Å². The van der Waals surface area contributed by atoms with E-state index in [1.807, 2.05) is 0 Å². The number of hydrogen-bond acceptors (Lipinski definition) is 2. The van der Waals surface area contributed by atoms with Crippen molar-refractivity contribution in [1.82, 2.24) is 9.80 Å². The normalized spacial score (nSPS) is 21.0. The van der Waals surface area contributed by atoms with Crippen LogP contribution in [-0.2, 0) is 0 Å². The molecule has 1 saturated heterocycles. The number of nitrogens with zero attached hydrogens (tertiary/aromatic N) is 2. The highest BCUT2D eigenvalue weighted by Crippen LogP contribution is 2.18. The summed E-state index contributed by atoms with van der Waals surface area (Å²) < 4.78 is 0. The minimum atomic E-state index is 0.816. The molecule has 0 aromatic heterocycles. The number of hydrogen-bond donors (Lipinski definition) is 0. The molecule has 0 aromatic rings. The molecule has 2 nitrogen and oxygen atoms in total. The number of piperidine rings is 1. The molecular weight excluding hydrogens is 276 g/mol. The van der Waals surface area contributed by atoms with E-state index in [-0.39, 0.29) is 0 Å². The molecule has 1 aliphatic heterocycles. The van der Waals surface area contributed by atoms with Crippen LogP contribution in [0.25, 0.3) is 0 Å². The molecule has 0 bridgehead atoms. The summed E-state index contributed by atoms with van der Waals surface area (Å²) in [6.07, 6.45) is 5.36. The van der Waals surface area contributed by atoms with Crippen LogP contribution in [0.3, 0.4) is 0 Å². The van der Waals surface area contributed by atoms with Crippen LogP contribution in [0.1, 0.15) is 39.5 Å². The van der Waals surface area contributed by atoms with Gasteiger partial charge in [0.15, 0.2) is 0 Å². The van der Waals surface area contributed by atoms with Crippen molar-refractivity contribution >= 4 is 15.9 Å². The molecule has 1 unspecified atom stereocenters. The standard InChI is InChI=1S/C14H29BrN2/c1-4-6-13(11-15)12-16(3)14-7-9-17(5-2)10-8-14/h13-14H,4-12H2,1-3H3. The summed E-state index contributed by atoms with van der Waals surface area (Å²) in [6.45, 7) is 9.62. The van der Waals surface area contributed by atoms with Crippen molar-refractivity contribution in [3.8, 4) is 0 Å². The van der Waals surface area contributed by atoms with Crippen LogP contribution in [0.2, 0.25) is 0 Å². The van der Waals surface area contributed by atoms with Gasteiger partial charge in [-0.2, -0.15) is 0 Å². The predicted molar refractivity (Wildman–Crippen MR) is 80.0 cm³/mol. The summed E-state index contributed by atoms with van der Waals surface area (Å²) in [5, 5.41) is 1.15. The Kier molecular flexibility index (Phi) is 7.72. The van der Waals surface area contributed by atoms with E-state index in [9.17, 15) is 0 Å². The molecule has 1 atom stereocenters. The average molecular weight is 305 g/mol. The van der Waals surface area contributed by atoms with Gasteiger partial charge in [0.05, 0.1) is 0 Å². The smallest absolute Gasteiger partial charge is 0.0117 e. The third-order valence-corrected chi connectivity index (χ3v) is 5.00. The number of likely N-dealkylation sites (tertiary alicyclic amines) is 1. The van der Waals surface area contributed by atoms with Crippen molar-refractivity contribution in [2.75, 3.05) is 38.6 Å². The Morgan fingerprint density at radius 2 is 1.94 bits per heavy atom. The Bertz CT molecular complexity index is 191. The lowest BCUT2D eigenvalue weighted by molar-refractivity contribution is 0.120. The number of rotatable bonds is 7. The van der Waals surface area contributed by atoms with E-state index in [4.69, 9.17) is 0 Å². The van der Waals surface area contributed by atoms with Crippen molar-refractivity contribution in [1.29, 1.82) is 0 Å². The highest BCUT2D eigenvalue weighted by molar-refractivity contribution is 9.09. The van der Waals surface area contributed by atoms with Crippen LogP contribution in [0.15, 0.2) is 0 Å². The second-order valence-electron chi connectivity index (χ2n) is 5.41. The fraction of sp³-hybridized carbons (Fsp3) is 1.00. The second-order valence-corrected chi connectivity index (χ2v) is 6.06. The lowest BCUT2D eigenvalue weighted by atomic mass is 10.0. The maximum absolute atomic E-state index is 3.66. The highest BCUT2D eigenvalue weighted by Gasteiger charge is 2.22. The fourth-order valence-corrected chi connectivity index (χ4v) is 3.39. The van der Waals surface area contributed by atoms with Crippen molar-refractivity contribution in [3.05, 3.63) is 0 Å². The summed E-state index contributed by atoms with van der Waals surface area (Å²) in [7, 11) is 2.32. The minimum absolute atomic E-state index is 0.816. The van der Waals surface area contributed by atoms with Gasteiger partial charge in [0.2, 0.25) is 0 Å². The third-order valence-electron chi connectivity index (χ3n) is 4.09. The molecule has 3 heteroatoms. The van der Waals surface area contributed by atoms with E-state index in [0.717, 1.165) is 17.3 Å². The minimum Gasteiger partial charge on any atom is -0.303 e. The number of halogens is 1. The van der Waals surface area contributed by atoms with Gasteiger partial charge < -0.3 is 9.80 Å². The molecule has 0 aromatic carbocycles. The van der Waals surface area contributed by atoms with Gasteiger partial charge in [-0.1, -0.05) is 36.2 Å². The molecule has 0 aliphatic carbocycles. The Labute approximate surface area is 116 Å². The zero-order valence-corrected chi connectivity index (χ0v) is 13.4. The molecular formula is C14H29BrN2. The van der Waals surface area contributed by atoms with Gasteiger partial charge in [-0.05, 0) is 51.9 Å². The Morgan fingerprint density at radius 3 is 2.41 bits per heavy atom. The summed E-state index contributed by atoms with van der Waals surface area (Å²) in [5.41, 5.74) is 0. The molecule has 0 amide bonds. The average Bonchev–Trinajstić information content (AvgIpc) is 2.38. The first-order valence-electron chi connectivity index (χ1n) is 7.19. The molecule has 1 heterocycles. The van der Waals surface area contributed by atoms with Crippen molar-refractivity contribution in [2.24, 2.45) is 5.92 Å². The van der Waals surface area contributed by atoms with Gasteiger partial charge in [-0.3, -0.25) is 0 Å². The van der Waals surface area contributed by atoms with E-state index in [0.29, 0.717) is 0 Å². The highest BCUT2D eigenvalue weighted by atomic mass is 79.9. The van der Waals surface area contributed by atoms with Crippen LogP contribution in [0.5, 0.6) is 0 Å². The maximum Gasteiger partial charge on any atom is 0.0117 e. The molecule has 0 saturated carbocycles. The maximum atomic E-state index is 3.66. The first-order valence-corrected chi connectivity index (χ1v) is 8.31. The lowest BCUT2D eigenvalue weighted by Crippen LogP contribution is -2.44. The summed E-state index contributed by atoms with van der Waals surface area (Å²) >= 11 is 3.66. The van der Waals surface area contributed by atoms with E-state index >= 15 is 0 Å². The van der Waals surface area contributed by atoms with E-state index in [1.54, 1.807) is 0 Å². The van der Waals surface area contributed by atoms with Crippen molar-refractivity contribution in [2.45, 2.75) is 45.6 Å². The first-order chi connectivity index (χ1) is 8.21. The fourth-order valence-electron chi connectivity index (χ4n) is 2.86. The lowest BCUT2D eigenvalue weighted by Gasteiger charge is -2.37.